The average Bonchev–Trinajstić information content (AvgIpc) is 2.34. The molecule has 0 aliphatic heterocycles. The average molecular weight is 267 g/mol. The molecule has 0 aliphatic rings. The summed E-state index contributed by atoms with van der Waals surface area (Å²) in [4.78, 5) is 3.89. The van der Waals surface area contributed by atoms with Gasteiger partial charge in [-0.15, -0.1) is 0 Å². The molecule has 0 spiro atoms. The maximum Gasteiger partial charge on any atom is 0.200 e. The number of hydrogen-bond acceptors (Lipinski definition) is 4. The molecule has 0 radical (unpaired) electrons. The molecule has 6 heteroatoms. The second kappa shape index (κ2) is 6.65. The van der Waals surface area contributed by atoms with Gasteiger partial charge in [0.25, 0.3) is 0 Å². The minimum atomic E-state index is -0.796. The van der Waals surface area contributed by atoms with E-state index in [1.807, 2.05) is 0 Å². The predicted molar refractivity (Wildman–Crippen MR) is 70.3 cm³/mol. The summed E-state index contributed by atoms with van der Waals surface area (Å²) >= 11 is 0. The van der Waals surface area contributed by atoms with E-state index in [1.54, 1.807) is 6.92 Å². The Bertz CT molecular complexity index is 518. The number of allylic oxidation sites excluding steroid dienone is 1. The fraction of sp³-hybridized carbons (Fsp3) is 0.154. The van der Waals surface area contributed by atoms with Crippen molar-refractivity contribution >= 4 is 5.90 Å². The first-order valence-electron chi connectivity index (χ1n) is 5.44. The van der Waals surface area contributed by atoms with E-state index >= 15 is 0 Å². The zero-order valence-corrected chi connectivity index (χ0v) is 10.7. The molecule has 1 aromatic rings. The molecule has 19 heavy (non-hydrogen) atoms. The topological polar surface area (TPSA) is 59.6 Å². The summed E-state index contributed by atoms with van der Waals surface area (Å²) in [5.41, 5.74) is 3.54. The molecule has 0 fully saturated rings. The lowest BCUT2D eigenvalue weighted by atomic mass is 10.3. The van der Waals surface area contributed by atoms with Crippen molar-refractivity contribution in [2.75, 3.05) is 0 Å². The number of ether oxygens (including phenoxy) is 1. The summed E-state index contributed by atoms with van der Waals surface area (Å²) in [6.07, 6.45) is 1.36. The lowest BCUT2D eigenvalue weighted by Crippen LogP contribution is -2.21. The summed E-state index contributed by atoms with van der Waals surface area (Å²) in [5, 5.41) is 0. The molecule has 0 aromatic heterocycles. The van der Waals surface area contributed by atoms with E-state index in [-0.39, 0.29) is 5.90 Å². The summed E-state index contributed by atoms with van der Waals surface area (Å²) < 4.78 is 31.7. The monoisotopic (exact) mass is 267 g/mol. The molecule has 0 amide bonds. The van der Waals surface area contributed by atoms with Gasteiger partial charge in [0.1, 0.15) is 0 Å². The number of nitrogens with one attached hydrogen (secondary N) is 1. The van der Waals surface area contributed by atoms with Crippen LogP contribution in [0.5, 0.6) is 5.75 Å². The number of nitrogens with two attached hydrogens (primary N) is 1. The minimum Gasteiger partial charge on any atom is -0.437 e. The first-order valence-corrected chi connectivity index (χ1v) is 5.44. The highest BCUT2D eigenvalue weighted by Gasteiger charge is 2.10. The third-order valence-electron chi connectivity index (χ3n) is 2.16. The van der Waals surface area contributed by atoms with E-state index < -0.39 is 17.4 Å². The van der Waals surface area contributed by atoms with Gasteiger partial charge < -0.3 is 10.2 Å². The fourth-order valence-corrected chi connectivity index (χ4v) is 1.18. The molecule has 0 saturated heterocycles. The van der Waals surface area contributed by atoms with Gasteiger partial charge in [-0.05, 0) is 24.6 Å². The number of para-hydroxylation sites is 1. The van der Waals surface area contributed by atoms with Crippen LogP contribution in [-0.4, -0.2) is 5.90 Å². The van der Waals surface area contributed by atoms with Crippen LogP contribution >= 0.6 is 0 Å². The van der Waals surface area contributed by atoms with Crippen molar-refractivity contribution in [1.29, 1.82) is 0 Å². The molecular weight excluding hydrogens is 252 g/mol. The molecular formula is C13H15F2N3O. The van der Waals surface area contributed by atoms with Crippen LogP contribution in [-0.2, 0) is 0 Å². The van der Waals surface area contributed by atoms with E-state index in [0.29, 0.717) is 11.3 Å². The van der Waals surface area contributed by atoms with Gasteiger partial charge in [0.2, 0.25) is 0 Å². The van der Waals surface area contributed by atoms with Crippen LogP contribution in [0.4, 0.5) is 8.78 Å². The summed E-state index contributed by atoms with van der Waals surface area (Å²) in [6, 6.07) is 3.45. The maximum absolute atomic E-state index is 13.3. The SMILES string of the molecule is C=C(C)/C(=C\N=C(/C)Oc1c(F)cccc1F)NN. The third kappa shape index (κ3) is 4.18. The molecule has 3 N–H and O–H groups in total. The van der Waals surface area contributed by atoms with Gasteiger partial charge in [-0.25, -0.2) is 13.8 Å². The van der Waals surface area contributed by atoms with Crippen LogP contribution in [0.1, 0.15) is 13.8 Å². The standard InChI is InChI=1S/C13H15F2N3O/c1-8(2)12(18-16)7-17-9(3)19-13-10(14)5-4-6-11(13)15/h4-7,18H,1,16H2,2-3H3/b12-7+,17-9+. The molecule has 0 saturated carbocycles. The number of hydrogen-bond donors (Lipinski definition) is 2. The number of rotatable bonds is 4. The van der Waals surface area contributed by atoms with Gasteiger partial charge in [0.15, 0.2) is 23.3 Å². The summed E-state index contributed by atoms with van der Waals surface area (Å²) in [7, 11) is 0. The summed E-state index contributed by atoms with van der Waals surface area (Å²) in [5.74, 6) is 3.24. The molecule has 102 valence electrons. The highest BCUT2D eigenvalue weighted by atomic mass is 19.1. The van der Waals surface area contributed by atoms with Crippen molar-refractivity contribution in [2.45, 2.75) is 13.8 Å². The molecule has 4 nitrogen and oxygen atoms in total. The number of nitrogens with zero attached hydrogens (tertiary/aromatic N) is 1. The quantitative estimate of drug-likeness (QED) is 0.290. The van der Waals surface area contributed by atoms with E-state index in [1.165, 1.54) is 19.2 Å². The van der Waals surface area contributed by atoms with Gasteiger partial charge in [-0.1, -0.05) is 12.6 Å². The summed E-state index contributed by atoms with van der Waals surface area (Å²) in [6.45, 7) is 6.87. The molecule has 1 aromatic carbocycles. The Morgan fingerprint density at radius 2 is 1.95 bits per heavy atom. The Balaban J connectivity index is 2.91. The van der Waals surface area contributed by atoms with Gasteiger partial charge in [0.05, 0.1) is 11.9 Å². The van der Waals surface area contributed by atoms with E-state index in [0.717, 1.165) is 12.1 Å². The van der Waals surface area contributed by atoms with Crippen molar-refractivity contribution < 1.29 is 13.5 Å². The molecule has 1 rings (SSSR count). The second-order valence-corrected chi connectivity index (χ2v) is 3.77. The minimum absolute atomic E-state index is 0.0676. The second-order valence-electron chi connectivity index (χ2n) is 3.77. The normalized spacial score (nSPS) is 12.3. The maximum atomic E-state index is 13.3. The van der Waals surface area contributed by atoms with Crippen molar-refractivity contribution in [3.05, 3.63) is 53.9 Å². The van der Waals surface area contributed by atoms with Gasteiger partial charge in [-0.2, -0.15) is 0 Å². The first-order chi connectivity index (χ1) is 8.95. The zero-order valence-electron chi connectivity index (χ0n) is 10.7. The number of hydrazine groups is 1. The zero-order chi connectivity index (χ0) is 14.4. The lowest BCUT2D eigenvalue weighted by Gasteiger charge is -2.07. The van der Waals surface area contributed by atoms with Gasteiger partial charge >= 0.3 is 0 Å². The number of aliphatic imine (C=N–C) groups is 1. The van der Waals surface area contributed by atoms with Crippen molar-refractivity contribution in [1.82, 2.24) is 5.43 Å². The third-order valence-corrected chi connectivity index (χ3v) is 2.16. The fourth-order valence-electron chi connectivity index (χ4n) is 1.18. The van der Waals surface area contributed by atoms with Gasteiger partial charge in [-0.3, -0.25) is 5.84 Å². The van der Waals surface area contributed by atoms with Crippen LogP contribution in [0.15, 0.2) is 47.2 Å². The Morgan fingerprint density at radius 1 is 1.37 bits per heavy atom. The lowest BCUT2D eigenvalue weighted by molar-refractivity contribution is 0.445. The predicted octanol–water partition coefficient (Wildman–Crippen LogP) is 2.64. The Labute approximate surface area is 110 Å². The molecule has 0 atom stereocenters. The Hall–Kier alpha value is -2.21. The first kappa shape index (κ1) is 14.8. The van der Waals surface area contributed by atoms with Crippen LogP contribution in [0.2, 0.25) is 0 Å². The van der Waals surface area contributed by atoms with E-state index in [9.17, 15) is 8.78 Å². The van der Waals surface area contributed by atoms with E-state index in [4.69, 9.17) is 10.6 Å². The molecule has 0 aliphatic carbocycles. The largest absolute Gasteiger partial charge is 0.437 e. The Kier molecular flexibility index (Phi) is 5.20. The Morgan fingerprint density at radius 3 is 2.42 bits per heavy atom. The van der Waals surface area contributed by atoms with Crippen LogP contribution in [0.25, 0.3) is 0 Å². The van der Waals surface area contributed by atoms with Crippen LogP contribution in [0, 0.1) is 11.6 Å². The smallest absolute Gasteiger partial charge is 0.200 e. The molecule has 0 heterocycles. The van der Waals surface area contributed by atoms with Crippen LogP contribution < -0.4 is 16.0 Å². The van der Waals surface area contributed by atoms with Crippen molar-refractivity contribution in [2.24, 2.45) is 10.8 Å². The molecule has 0 unspecified atom stereocenters. The highest BCUT2D eigenvalue weighted by molar-refractivity contribution is 5.76. The van der Waals surface area contributed by atoms with Crippen molar-refractivity contribution in [3.8, 4) is 5.75 Å². The molecule has 0 bridgehead atoms. The van der Waals surface area contributed by atoms with Gasteiger partial charge in [0, 0.05) is 6.92 Å². The number of benzene rings is 1. The van der Waals surface area contributed by atoms with Crippen molar-refractivity contribution in [3.63, 3.8) is 0 Å². The van der Waals surface area contributed by atoms with Crippen LogP contribution in [0.3, 0.4) is 0 Å². The highest BCUT2D eigenvalue weighted by Crippen LogP contribution is 2.21. The number of halogens is 2. The van der Waals surface area contributed by atoms with E-state index in [2.05, 4.69) is 17.0 Å².